The highest BCUT2D eigenvalue weighted by Crippen LogP contribution is 2.40. The number of aryl methyl sites for hydroxylation is 2. The van der Waals surface area contributed by atoms with Crippen LogP contribution in [0.2, 0.25) is 0 Å². The van der Waals surface area contributed by atoms with Gasteiger partial charge in [-0.15, -0.1) is 0 Å². The van der Waals surface area contributed by atoms with Crippen molar-refractivity contribution >= 4 is 23.2 Å². The number of anilines is 2. The summed E-state index contributed by atoms with van der Waals surface area (Å²) >= 11 is 0. The predicted molar refractivity (Wildman–Crippen MR) is 97.8 cm³/mol. The zero-order valence-corrected chi connectivity index (χ0v) is 14.6. The van der Waals surface area contributed by atoms with Crippen LogP contribution in [0.25, 0.3) is 0 Å². The smallest absolute Gasteiger partial charge is 0.228 e. The van der Waals surface area contributed by atoms with Crippen molar-refractivity contribution in [2.75, 3.05) is 17.7 Å². The highest BCUT2D eigenvalue weighted by Gasteiger charge is 2.48. The standard InChI is InChI=1S/C20H22N2O3/c1-12-7-13(2)9-15(8-12)22-20(24)18-11-17(18)19(23)21-14-5-4-6-16(10-14)25-3/h4-10,17-18H,11H2,1-3H3,(H,21,23)(H,22,24). The fourth-order valence-corrected chi connectivity index (χ4v) is 2.99. The van der Waals surface area contributed by atoms with E-state index >= 15 is 0 Å². The van der Waals surface area contributed by atoms with Crippen molar-refractivity contribution in [3.05, 3.63) is 53.6 Å². The molecule has 2 aromatic rings. The molecule has 1 aliphatic rings. The van der Waals surface area contributed by atoms with Gasteiger partial charge in [0.2, 0.25) is 11.8 Å². The normalized spacial score (nSPS) is 18.4. The van der Waals surface area contributed by atoms with E-state index in [4.69, 9.17) is 4.74 Å². The van der Waals surface area contributed by atoms with Crippen LogP contribution in [0.5, 0.6) is 5.75 Å². The zero-order chi connectivity index (χ0) is 18.0. The Kier molecular flexibility index (Phi) is 4.74. The molecule has 0 bridgehead atoms. The molecule has 1 saturated carbocycles. The van der Waals surface area contributed by atoms with Crippen LogP contribution < -0.4 is 15.4 Å². The number of benzene rings is 2. The maximum absolute atomic E-state index is 12.4. The van der Waals surface area contributed by atoms with Crippen LogP contribution in [0.1, 0.15) is 17.5 Å². The van der Waals surface area contributed by atoms with E-state index in [1.165, 1.54) is 0 Å². The molecule has 2 aromatic carbocycles. The number of hydrogen-bond acceptors (Lipinski definition) is 3. The number of carbonyl (C=O) groups is 2. The number of ether oxygens (including phenoxy) is 1. The Morgan fingerprint density at radius 2 is 1.52 bits per heavy atom. The van der Waals surface area contributed by atoms with Gasteiger partial charge in [-0.25, -0.2) is 0 Å². The van der Waals surface area contributed by atoms with Gasteiger partial charge in [0.25, 0.3) is 0 Å². The van der Waals surface area contributed by atoms with E-state index in [9.17, 15) is 9.59 Å². The molecule has 0 aromatic heterocycles. The van der Waals surface area contributed by atoms with E-state index in [2.05, 4.69) is 16.7 Å². The van der Waals surface area contributed by atoms with Gasteiger partial charge in [0, 0.05) is 17.4 Å². The molecule has 0 heterocycles. The summed E-state index contributed by atoms with van der Waals surface area (Å²) in [7, 11) is 1.58. The Morgan fingerprint density at radius 3 is 2.12 bits per heavy atom. The van der Waals surface area contributed by atoms with E-state index in [0.717, 1.165) is 16.8 Å². The lowest BCUT2D eigenvalue weighted by atomic mass is 10.1. The Balaban J connectivity index is 1.57. The molecular weight excluding hydrogens is 316 g/mol. The molecule has 2 N–H and O–H groups in total. The first kappa shape index (κ1) is 17.0. The number of nitrogens with one attached hydrogen (secondary N) is 2. The van der Waals surface area contributed by atoms with Gasteiger partial charge in [0.05, 0.1) is 18.9 Å². The third kappa shape index (κ3) is 4.18. The fraction of sp³-hybridized carbons (Fsp3) is 0.300. The van der Waals surface area contributed by atoms with Gasteiger partial charge >= 0.3 is 0 Å². The molecule has 0 spiro atoms. The molecule has 1 fully saturated rings. The first-order valence-electron chi connectivity index (χ1n) is 8.30. The van der Waals surface area contributed by atoms with Crippen LogP contribution in [-0.4, -0.2) is 18.9 Å². The molecule has 2 atom stereocenters. The Bertz CT molecular complexity index is 796. The van der Waals surface area contributed by atoms with Gasteiger partial charge in [0.15, 0.2) is 0 Å². The van der Waals surface area contributed by atoms with Crippen LogP contribution in [0, 0.1) is 25.7 Å². The summed E-state index contributed by atoms with van der Waals surface area (Å²) in [5.74, 6) is -0.106. The molecule has 0 radical (unpaired) electrons. The van der Waals surface area contributed by atoms with Gasteiger partial charge in [-0.3, -0.25) is 9.59 Å². The van der Waals surface area contributed by atoms with Crippen molar-refractivity contribution in [3.8, 4) is 5.75 Å². The highest BCUT2D eigenvalue weighted by molar-refractivity contribution is 6.03. The fourth-order valence-electron chi connectivity index (χ4n) is 2.99. The summed E-state index contributed by atoms with van der Waals surface area (Å²) in [4.78, 5) is 24.7. The van der Waals surface area contributed by atoms with Gasteiger partial charge in [0.1, 0.15) is 5.75 Å². The van der Waals surface area contributed by atoms with Crippen molar-refractivity contribution in [2.24, 2.45) is 11.8 Å². The minimum absolute atomic E-state index is 0.101. The monoisotopic (exact) mass is 338 g/mol. The second-order valence-corrected chi connectivity index (χ2v) is 6.54. The maximum Gasteiger partial charge on any atom is 0.228 e. The SMILES string of the molecule is COc1cccc(NC(=O)C2CC2C(=O)Nc2cc(C)cc(C)c2)c1. The Hall–Kier alpha value is -2.82. The van der Waals surface area contributed by atoms with Crippen LogP contribution in [0.15, 0.2) is 42.5 Å². The summed E-state index contributed by atoms with van der Waals surface area (Å²) in [6.07, 6.45) is 0.576. The summed E-state index contributed by atoms with van der Waals surface area (Å²) in [6, 6.07) is 13.1. The second-order valence-electron chi connectivity index (χ2n) is 6.54. The average Bonchev–Trinajstić information content (AvgIpc) is 3.35. The number of amides is 2. The number of methoxy groups -OCH3 is 1. The third-order valence-corrected chi connectivity index (χ3v) is 4.29. The lowest BCUT2D eigenvalue weighted by Gasteiger charge is -2.08. The quantitative estimate of drug-likeness (QED) is 0.876. The van der Waals surface area contributed by atoms with Gasteiger partial charge in [-0.1, -0.05) is 12.1 Å². The second kappa shape index (κ2) is 6.97. The van der Waals surface area contributed by atoms with Crippen molar-refractivity contribution in [1.29, 1.82) is 0 Å². The number of carbonyl (C=O) groups excluding carboxylic acids is 2. The van der Waals surface area contributed by atoms with Crippen LogP contribution in [-0.2, 0) is 9.59 Å². The van der Waals surface area contributed by atoms with E-state index in [1.54, 1.807) is 19.2 Å². The van der Waals surface area contributed by atoms with Crippen molar-refractivity contribution in [3.63, 3.8) is 0 Å². The molecule has 25 heavy (non-hydrogen) atoms. The van der Waals surface area contributed by atoms with E-state index in [1.807, 2.05) is 38.1 Å². The van der Waals surface area contributed by atoms with E-state index in [-0.39, 0.29) is 23.7 Å². The molecule has 0 aliphatic heterocycles. The molecule has 5 heteroatoms. The average molecular weight is 338 g/mol. The summed E-state index contributed by atoms with van der Waals surface area (Å²) < 4.78 is 5.14. The molecule has 2 unspecified atom stereocenters. The van der Waals surface area contributed by atoms with E-state index in [0.29, 0.717) is 17.9 Å². The first-order valence-corrected chi connectivity index (χ1v) is 8.30. The highest BCUT2D eigenvalue weighted by atomic mass is 16.5. The van der Waals surface area contributed by atoms with Gasteiger partial charge in [-0.05, 0) is 55.7 Å². The van der Waals surface area contributed by atoms with Crippen molar-refractivity contribution in [2.45, 2.75) is 20.3 Å². The lowest BCUT2D eigenvalue weighted by molar-refractivity contribution is -0.122. The summed E-state index contributed by atoms with van der Waals surface area (Å²) in [6.45, 7) is 3.98. The van der Waals surface area contributed by atoms with Gasteiger partial charge < -0.3 is 15.4 Å². The largest absolute Gasteiger partial charge is 0.497 e. The lowest BCUT2D eigenvalue weighted by Crippen LogP contribution is -2.20. The van der Waals surface area contributed by atoms with E-state index < -0.39 is 0 Å². The number of hydrogen-bond donors (Lipinski definition) is 2. The molecule has 1 aliphatic carbocycles. The van der Waals surface area contributed by atoms with Crippen LogP contribution in [0.3, 0.4) is 0 Å². The zero-order valence-electron chi connectivity index (χ0n) is 14.6. The Morgan fingerprint density at radius 1 is 0.920 bits per heavy atom. The molecular formula is C20H22N2O3. The number of rotatable bonds is 5. The molecule has 0 saturated heterocycles. The van der Waals surface area contributed by atoms with Gasteiger partial charge in [-0.2, -0.15) is 0 Å². The Labute approximate surface area is 147 Å². The molecule has 5 nitrogen and oxygen atoms in total. The third-order valence-electron chi connectivity index (χ3n) is 4.29. The molecule has 130 valence electrons. The minimum Gasteiger partial charge on any atom is -0.497 e. The minimum atomic E-state index is -0.280. The summed E-state index contributed by atoms with van der Waals surface area (Å²) in [5.41, 5.74) is 3.64. The maximum atomic E-state index is 12.4. The predicted octanol–water partition coefficient (Wildman–Crippen LogP) is 3.53. The topological polar surface area (TPSA) is 67.4 Å². The summed E-state index contributed by atoms with van der Waals surface area (Å²) in [5, 5.41) is 5.76. The molecule has 2 amide bonds. The van der Waals surface area contributed by atoms with Crippen molar-refractivity contribution < 1.29 is 14.3 Å². The van der Waals surface area contributed by atoms with Crippen LogP contribution >= 0.6 is 0 Å². The van der Waals surface area contributed by atoms with Crippen LogP contribution in [0.4, 0.5) is 11.4 Å². The molecule has 3 rings (SSSR count). The van der Waals surface area contributed by atoms with Crippen molar-refractivity contribution in [1.82, 2.24) is 0 Å². The first-order chi connectivity index (χ1) is 12.0.